The van der Waals surface area contributed by atoms with Crippen LogP contribution in [0.5, 0.6) is 0 Å². The van der Waals surface area contributed by atoms with E-state index in [4.69, 9.17) is 14.2 Å². The van der Waals surface area contributed by atoms with Gasteiger partial charge in [-0.2, -0.15) is 0 Å². The minimum atomic E-state index is -0.957. The first-order valence-corrected chi connectivity index (χ1v) is 5.99. The number of fused-ring (bicyclic) bond motifs is 3. The minimum absolute atomic E-state index is 0.0548. The highest BCUT2D eigenvalue weighted by Gasteiger charge is 2.79. The number of ketones is 1. The van der Waals surface area contributed by atoms with Crippen molar-refractivity contribution < 1.29 is 23.8 Å². The number of ether oxygens (including phenoxy) is 3. The van der Waals surface area contributed by atoms with Gasteiger partial charge in [-0.3, -0.25) is 9.59 Å². The molecule has 0 spiro atoms. The number of hydrogen-bond acceptors (Lipinski definition) is 5. The zero-order valence-corrected chi connectivity index (χ0v) is 10.2. The molecule has 0 radical (unpaired) electrons. The first-order chi connectivity index (χ1) is 7.92. The van der Waals surface area contributed by atoms with Crippen molar-refractivity contribution in [1.29, 1.82) is 0 Å². The van der Waals surface area contributed by atoms with Gasteiger partial charge in [0.15, 0.2) is 11.6 Å². The highest BCUT2D eigenvalue weighted by molar-refractivity contribution is 6.12. The van der Waals surface area contributed by atoms with E-state index in [2.05, 4.69) is 0 Å². The molecule has 2 saturated carbocycles. The van der Waals surface area contributed by atoms with E-state index in [1.165, 1.54) is 0 Å². The number of carbonyl (C=O) groups excluding carboxylic acids is 2. The molecule has 0 N–H and O–H groups in total. The van der Waals surface area contributed by atoms with E-state index in [1.54, 1.807) is 20.8 Å². The van der Waals surface area contributed by atoms with Crippen molar-refractivity contribution in [2.75, 3.05) is 6.61 Å². The van der Waals surface area contributed by atoms with Crippen molar-refractivity contribution in [3.05, 3.63) is 0 Å². The normalized spacial score (nSPS) is 45.4. The topological polar surface area (TPSA) is 61.8 Å². The molecular weight excluding hydrogens is 224 g/mol. The number of esters is 1. The molecule has 17 heavy (non-hydrogen) atoms. The number of rotatable bonds is 2. The second-order valence-electron chi connectivity index (χ2n) is 5.39. The van der Waals surface area contributed by atoms with Gasteiger partial charge < -0.3 is 14.2 Å². The SMILES string of the molecule is CCOC(=O)[C@@]12C[C@H]1[C@@H]1OC(C)(C)O[C@@H]1C2=O. The Kier molecular flexibility index (Phi) is 2.03. The van der Waals surface area contributed by atoms with Gasteiger partial charge in [0.1, 0.15) is 11.5 Å². The molecule has 5 nitrogen and oxygen atoms in total. The molecule has 0 unspecified atom stereocenters. The predicted octanol–water partition coefficient (Wildman–Crippen LogP) is 0.659. The summed E-state index contributed by atoms with van der Waals surface area (Å²) < 4.78 is 16.2. The molecule has 3 fully saturated rings. The van der Waals surface area contributed by atoms with Crippen LogP contribution in [0.2, 0.25) is 0 Å². The molecule has 5 heteroatoms. The lowest BCUT2D eigenvalue weighted by molar-refractivity contribution is -0.170. The van der Waals surface area contributed by atoms with Crippen LogP contribution in [0.3, 0.4) is 0 Å². The maximum atomic E-state index is 12.2. The van der Waals surface area contributed by atoms with Crippen molar-refractivity contribution in [3.8, 4) is 0 Å². The Hall–Kier alpha value is -0.940. The summed E-state index contributed by atoms with van der Waals surface area (Å²) in [6.45, 7) is 5.60. The standard InChI is InChI=1S/C12H16O5/c1-4-15-10(14)12-5-6(12)7-8(9(12)13)17-11(2,3)16-7/h6-8H,4-5H2,1-3H3/t6-,7-,8-,12-/m0/s1. The lowest BCUT2D eigenvalue weighted by atomic mass is 10.0. The summed E-state index contributed by atoms with van der Waals surface area (Å²) in [4.78, 5) is 24.1. The van der Waals surface area contributed by atoms with Gasteiger partial charge >= 0.3 is 5.97 Å². The Morgan fingerprint density at radius 1 is 1.47 bits per heavy atom. The van der Waals surface area contributed by atoms with Crippen LogP contribution in [-0.2, 0) is 23.8 Å². The Labute approximate surface area is 99.4 Å². The lowest BCUT2D eigenvalue weighted by Gasteiger charge is -2.19. The van der Waals surface area contributed by atoms with E-state index in [0.717, 1.165) is 0 Å². The fraction of sp³-hybridized carbons (Fsp3) is 0.833. The second-order valence-corrected chi connectivity index (χ2v) is 5.39. The van der Waals surface area contributed by atoms with Crippen molar-refractivity contribution >= 4 is 11.8 Å². The van der Waals surface area contributed by atoms with E-state index in [-0.39, 0.29) is 17.8 Å². The van der Waals surface area contributed by atoms with E-state index in [9.17, 15) is 9.59 Å². The van der Waals surface area contributed by atoms with Crippen molar-refractivity contribution in [2.24, 2.45) is 11.3 Å². The Bertz CT molecular complexity index is 402. The Morgan fingerprint density at radius 2 is 2.18 bits per heavy atom. The lowest BCUT2D eigenvalue weighted by Crippen LogP contribution is -2.35. The first kappa shape index (κ1) is 11.2. The van der Waals surface area contributed by atoms with Gasteiger partial charge in [-0.05, 0) is 27.2 Å². The van der Waals surface area contributed by atoms with Gasteiger partial charge in [-0.15, -0.1) is 0 Å². The molecule has 0 amide bonds. The van der Waals surface area contributed by atoms with Gasteiger partial charge in [-0.1, -0.05) is 0 Å². The van der Waals surface area contributed by atoms with Gasteiger partial charge in [0.2, 0.25) is 0 Å². The molecule has 1 saturated heterocycles. The van der Waals surface area contributed by atoms with Gasteiger partial charge in [0.25, 0.3) is 0 Å². The molecule has 3 aliphatic rings. The quantitative estimate of drug-likeness (QED) is 0.524. The number of carbonyl (C=O) groups is 2. The molecule has 1 heterocycles. The summed E-state index contributed by atoms with van der Waals surface area (Å²) in [5, 5.41) is 0. The molecule has 0 aromatic heterocycles. The summed E-state index contributed by atoms with van der Waals surface area (Å²) >= 11 is 0. The van der Waals surface area contributed by atoms with Crippen molar-refractivity contribution in [1.82, 2.24) is 0 Å². The van der Waals surface area contributed by atoms with E-state index in [0.29, 0.717) is 13.0 Å². The number of hydrogen-bond donors (Lipinski definition) is 0. The van der Waals surface area contributed by atoms with Crippen LogP contribution in [-0.4, -0.2) is 36.4 Å². The summed E-state index contributed by atoms with van der Waals surface area (Å²) in [6, 6.07) is 0. The largest absolute Gasteiger partial charge is 0.465 e. The second kappa shape index (κ2) is 3.09. The zero-order chi connectivity index (χ0) is 12.4. The van der Waals surface area contributed by atoms with Gasteiger partial charge in [0, 0.05) is 5.92 Å². The predicted molar refractivity (Wildman–Crippen MR) is 56.0 cm³/mol. The third kappa shape index (κ3) is 1.27. The van der Waals surface area contributed by atoms with Crippen molar-refractivity contribution in [3.63, 3.8) is 0 Å². The van der Waals surface area contributed by atoms with Crippen molar-refractivity contribution in [2.45, 2.75) is 45.2 Å². The Balaban J connectivity index is 1.84. The van der Waals surface area contributed by atoms with E-state index in [1.807, 2.05) is 0 Å². The summed E-state index contributed by atoms with van der Waals surface area (Å²) in [5.41, 5.74) is -0.957. The van der Waals surface area contributed by atoms with Crippen LogP contribution < -0.4 is 0 Å². The molecule has 3 rings (SSSR count). The number of Topliss-reactive ketones (excluding diaryl/α,β-unsaturated/α-hetero) is 1. The summed E-state index contributed by atoms with van der Waals surface area (Å²) in [7, 11) is 0. The maximum absolute atomic E-state index is 12.2. The van der Waals surface area contributed by atoms with Crippen LogP contribution in [0.25, 0.3) is 0 Å². The fourth-order valence-corrected chi connectivity index (χ4v) is 3.10. The van der Waals surface area contributed by atoms with Crippen LogP contribution in [0.15, 0.2) is 0 Å². The Morgan fingerprint density at radius 3 is 2.76 bits per heavy atom. The average Bonchev–Trinajstić information content (AvgIpc) is 2.85. The molecule has 0 aromatic carbocycles. The third-order valence-electron chi connectivity index (χ3n) is 3.88. The molecule has 0 aromatic rings. The summed E-state index contributed by atoms with van der Waals surface area (Å²) in [5.74, 6) is -1.35. The molecule has 94 valence electrons. The summed E-state index contributed by atoms with van der Waals surface area (Å²) in [6.07, 6.45) is -0.319. The molecule has 2 aliphatic carbocycles. The van der Waals surface area contributed by atoms with E-state index >= 15 is 0 Å². The van der Waals surface area contributed by atoms with Crippen LogP contribution >= 0.6 is 0 Å². The zero-order valence-electron chi connectivity index (χ0n) is 10.2. The van der Waals surface area contributed by atoms with Crippen LogP contribution in [0.1, 0.15) is 27.2 Å². The first-order valence-electron chi connectivity index (χ1n) is 5.99. The molecular formula is C12H16O5. The van der Waals surface area contributed by atoms with Gasteiger partial charge in [0.05, 0.1) is 12.7 Å². The van der Waals surface area contributed by atoms with Gasteiger partial charge in [-0.25, -0.2) is 0 Å². The molecule has 1 aliphatic heterocycles. The van der Waals surface area contributed by atoms with Crippen LogP contribution in [0, 0.1) is 11.3 Å². The molecule has 4 atom stereocenters. The monoisotopic (exact) mass is 240 g/mol. The maximum Gasteiger partial charge on any atom is 0.320 e. The highest BCUT2D eigenvalue weighted by Crippen LogP contribution is 2.65. The fourth-order valence-electron chi connectivity index (χ4n) is 3.10. The smallest absolute Gasteiger partial charge is 0.320 e. The highest BCUT2D eigenvalue weighted by atomic mass is 16.8. The third-order valence-corrected chi connectivity index (χ3v) is 3.88. The van der Waals surface area contributed by atoms with Crippen LogP contribution in [0.4, 0.5) is 0 Å². The average molecular weight is 240 g/mol. The molecule has 0 bridgehead atoms. The minimum Gasteiger partial charge on any atom is -0.465 e. The van der Waals surface area contributed by atoms with E-state index < -0.39 is 23.3 Å².